The maximum Gasteiger partial charge on any atom is 0.228 e. The van der Waals surface area contributed by atoms with Crippen LogP contribution in [0.5, 0.6) is 0 Å². The van der Waals surface area contributed by atoms with E-state index in [0.717, 1.165) is 24.8 Å². The zero-order valence-corrected chi connectivity index (χ0v) is 7.49. The van der Waals surface area contributed by atoms with Crippen LogP contribution in [0.4, 0.5) is 0 Å². The van der Waals surface area contributed by atoms with E-state index >= 15 is 0 Å². The molecule has 1 fully saturated rings. The fourth-order valence-corrected chi connectivity index (χ4v) is 1.96. The van der Waals surface area contributed by atoms with Crippen molar-refractivity contribution < 1.29 is 4.79 Å². The topological polar surface area (TPSA) is 43.1 Å². The minimum atomic E-state index is -0.346. The van der Waals surface area contributed by atoms with Gasteiger partial charge in [0, 0.05) is 0 Å². The lowest BCUT2D eigenvalue weighted by atomic mass is 9.64. The van der Waals surface area contributed by atoms with Gasteiger partial charge in [-0.25, -0.2) is 0 Å². The first-order valence-corrected chi connectivity index (χ1v) is 4.61. The van der Waals surface area contributed by atoms with Crippen molar-refractivity contribution in [2.45, 2.75) is 24.7 Å². The van der Waals surface area contributed by atoms with Crippen LogP contribution in [-0.2, 0) is 10.2 Å². The third-order valence-electron chi connectivity index (χ3n) is 3.01. The second-order valence-corrected chi connectivity index (χ2v) is 3.67. The molecule has 0 atom stereocenters. The van der Waals surface area contributed by atoms with Crippen LogP contribution < -0.4 is 5.73 Å². The molecule has 1 aliphatic carbocycles. The van der Waals surface area contributed by atoms with E-state index in [-0.39, 0.29) is 11.3 Å². The number of carbonyl (C=O) groups is 1. The van der Waals surface area contributed by atoms with Crippen LogP contribution in [0, 0.1) is 0 Å². The highest BCUT2D eigenvalue weighted by molar-refractivity contribution is 5.87. The molecular weight excluding hydrogens is 162 g/mol. The zero-order chi connectivity index (χ0) is 9.31. The first kappa shape index (κ1) is 8.30. The van der Waals surface area contributed by atoms with E-state index < -0.39 is 0 Å². The quantitative estimate of drug-likeness (QED) is 0.728. The van der Waals surface area contributed by atoms with Crippen LogP contribution in [-0.4, -0.2) is 5.91 Å². The average Bonchev–Trinajstić information content (AvgIpc) is 2.03. The van der Waals surface area contributed by atoms with Crippen molar-refractivity contribution in [3.63, 3.8) is 0 Å². The predicted molar refractivity (Wildman–Crippen MR) is 51.2 cm³/mol. The van der Waals surface area contributed by atoms with E-state index in [0.29, 0.717) is 0 Å². The number of primary amides is 1. The molecule has 0 heterocycles. The number of nitrogens with two attached hydrogens (primary N) is 1. The first-order chi connectivity index (χ1) is 6.26. The molecule has 2 heteroatoms. The monoisotopic (exact) mass is 175 g/mol. The number of amides is 1. The lowest BCUT2D eigenvalue weighted by molar-refractivity contribution is -0.126. The number of benzene rings is 1. The molecule has 13 heavy (non-hydrogen) atoms. The van der Waals surface area contributed by atoms with Gasteiger partial charge < -0.3 is 5.73 Å². The Labute approximate surface area is 77.8 Å². The van der Waals surface area contributed by atoms with Crippen LogP contribution in [0.1, 0.15) is 24.8 Å². The number of hydrogen-bond donors (Lipinski definition) is 1. The van der Waals surface area contributed by atoms with Crippen molar-refractivity contribution in [3.8, 4) is 0 Å². The van der Waals surface area contributed by atoms with Crippen molar-refractivity contribution >= 4 is 5.91 Å². The highest BCUT2D eigenvalue weighted by atomic mass is 16.1. The molecule has 0 radical (unpaired) electrons. The van der Waals surface area contributed by atoms with Crippen molar-refractivity contribution in [1.82, 2.24) is 0 Å². The Morgan fingerprint density at radius 2 is 1.85 bits per heavy atom. The van der Waals surface area contributed by atoms with Crippen LogP contribution in [0.15, 0.2) is 30.3 Å². The second kappa shape index (κ2) is 2.87. The number of rotatable bonds is 2. The fourth-order valence-electron chi connectivity index (χ4n) is 1.96. The molecule has 2 nitrogen and oxygen atoms in total. The molecule has 1 aliphatic rings. The van der Waals surface area contributed by atoms with E-state index in [9.17, 15) is 4.79 Å². The summed E-state index contributed by atoms with van der Waals surface area (Å²) in [6, 6.07) is 9.85. The van der Waals surface area contributed by atoms with E-state index in [2.05, 4.69) is 0 Å². The Hall–Kier alpha value is -1.31. The third kappa shape index (κ3) is 1.13. The van der Waals surface area contributed by atoms with Gasteiger partial charge in [0.2, 0.25) is 5.91 Å². The molecule has 0 spiro atoms. The summed E-state index contributed by atoms with van der Waals surface area (Å²) in [5, 5.41) is 0. The van der Waals surface area contributed by atoms with Gasteiger partial charge in [-0.2, -0.15) is 0 Å². The van der Waals surface area contributed by atoms with Crippen molar-refractivity contribution in [2.75, 3.05) is 0 Å². The minimum absolute atomic E-state index is 0.176. The molecular formula is C11H13NO. The van der Waals surface area contributed by atoms with Gasteiger partial charge in [-0.1, -0.05) is 36.8 Å². The Bertz CT molecular complexity index is 314. The molecule has 1 aromatic rings. The fraction of sp³-hybridized carbons (Fsp3) is 0.364. The molecule has 68 valence electrons. The summed E-state index contributed by atoms with van der Waals surface area (Å²) in [4.78, 5) is 11.3. The highest BCUT2D eigenvalue weighted by Gasteiger charge is 2.43. The summed E-state index contributed by atoms with van der Waals surface area (Å²) >= 11 is 0. The molecule has 2 rings (SSSR count). The molecule has 2 N–H and O–H groups in total. The molecule has 1 amide bonds. The maximum absolute atomic E-state index is 11.3. The summed E-state index contributed by atoms with van der Waals surface area (Å²) < 4.78 is 0. The van der Waals surface area contributed by atoms with E-state index in [1.165, 1.54) is 0 Å². The normalized spacial score (nSPS) is 19.1. The van der Waals surface area contributed by atoms with Gasteiger partial charge in [-0.05, 0) is 18.4 Å². The maximum atomic E-state index is 11.3. The molecule has 0 unspecified atom stereocenters. The Balaban J connectivity index is 2.38. The van der Waals surface area contributed by atoms with Gasteiger partial charge in [0.15, 0.2) is 0 Å². The average molecular weight is 175 g/mol. The van der Waals surface area contributed by atoms with Gasteiger partial charge >= 0.3 is 0 Å². The summed E-state index contributed by atoms with van der Waals surface area (Å²) in [7, 11) is 0. The van der Waals surface area contributed by atoms with Crippen LogP contribution >= 0.6 is 0 Å². The van der Waals surface area contributed by atoms with Crippen LogP contribution in [0.25, 0.3) is 0 Å². The van der Waals surface area contributed by atoms with Crippen LogP contribution in [0.2, 0.25) is 0 Å². The summed E-state index contributed by atoms with van der Waals surface area (Å²) in [5.41, 5.74) is 6.16. The standard InChI is InChI=1S/C11H13NO/c12-10(13)11(7-4-8-11)9-5-2-1-3-6-9/h1-3,5-6H,4,7-8H2,(H2,12,13). The SMILES string of the molecule is NC(=O)C1(c2ccccc2)CCC1. The van der Waals surface area contributed by atoms with Crippen molar-refractivity contribution in [3.05, 3.63) is 35.9 Å². The largest absolute Gasteiger partial charge is 0.369 e. The number of carbonyl (C=O) groups excluding carboxylic acids is 1. The molecule has 0 bridgehead atoms. The number of hydrogen-bond acceptors (Lipinski definition) is 1. The first-order valence-electron chi connectivity index (χ1n) is 4.61. The second-order valence-electron chi connectivity index (χ2n) is 3.67. The van der Waals surface area contributed by atoms with E-state index in [1.807, 2.05) is 30.3 Å². The highest BCUT2D eigenvalue weighted by Crippen LogP contribution is 2.43. The van der Waals surface area contributed by atoms with Crippen molar-refractivity contribution in [1.29, 1.82) is 0 Å². The summed E-state index contributed by atoms with van der Waals surface area (Å²) in [5.74, 6) is -0.176. The van der Waals surface area contributed by atoms with Gasteiger partial charge in [0.05, 0.1) is 5.41 Å². The molecule has 1 aromatic carbocycles. The van der Waals surface area contributed by atoms with Gasteiger partial charge in [0.25, 0.3) is 0 Å². The molecule has 0 aromatic heterocycles. The van der Waals surface area contributed by atoms with Crippen molar-refractivity contribution in [2.24, 2.45) is 5.73 Å². The summed E-state index contributed by atoms with van der Waals surface area (Å²) in [6.07, 6.45) is 2.93. The molecule has 0 aliphatic heterocycles. The Morgan fingerprint density at radius 3 is 2.23 bits per heavy atom. The Kier molecular flexibility index (Phi) is 1.83. The molecule has 0 saturated heterocycles. The summed E-state index contributed by atoms with van der Waals surface area (Å²) in [6.45, 7) is 0. The Morgan fingerprint density at radius 1 is 1.23 bits per heavy atom. The molecule has 1 saturated carbocycles. The van der Waals surface area contributed by atoms with Gasteiger partial charge in [-0.3, -0.25) is 4.79 Å². The lowest BCUT2D eigenvalue weighted by Gasteiger charge is -2.39. The van der Waals surface area contributed by atoms with E-state index in [4.69, 9.17) is 5.73 Å². The smallest absolute Gasteiger partial charge is 0.228 e. The van der Waals surface area contributed by atoms with E-state index in [1.54, 1.807) is 0 Å². The minimum Gasteiger partial charge on any atom is -0.369 e. The van der Waals surface area contributed by atoms with Gasteiger partial charge in [-0.15, -0.1) is 0 Å². The zero-order valence-electron chi connectivity index (χ0n) is 7.49. The lowest BCUT2D eigenvalue weighted by Crippen LogP contribution is -2.46. The van der Waals surface area contributed by atoms with Crippen LogP contribution in [0.3, 0.4) is 0 Å². The predicted octanol–water partition coefficient (Wildman–Crippen LogP) is 1.59. The third-order valence-corrected chi connectivity index (χ3v) is 3.01. The van der Waals surface area contributed by atoms with Gasteiger partial charge in [0.1, 0.15) is 0 Å².